The van der Waals surface area contributed by atoms with Gasteiger partial charge in [-0.25, -0.2) is 4.79 Å². The number of carboxylic acids is 1. The lowest BCUT2D eigenvalue weighted by atomic mass is 9.96. The lowest BCUT2D eigenvalue weighted by molar-refractivity contribution is 0.0697. The number of aryl methyl sites for hydroxylation is 3. The fourth-order valence-corrected chi connectivity index (χ4v) is 2.92. The number of benzene rings is 1. The minimum absolute atomic E-state index is 0.124. The predicted molar refractivity (Wildman–Crippen MR) is 84.1 cm³/mol. The third kappa shape index (κ3) is 2.81. The van der Waals surface area contributed by atoms with Crippen LogP contribution in [0, 0.1) is 20.8 Å². The van der Waals surface area contributed by atoms with Crippen LogP contribution in [0.15, 0.2) is 12.1 Å². The first-order valence-electron chi connectivity index (χ1n) is 6.94. The van der Waals surface area contributed by atoms with Gasteiger partial charge in [0.2, 0.25) is 0 Å². The summed E-state index contributed by atoms with van der Waals surface area (Å²) in [7, 11) is 0. The maximum Gasteiger partial charge on any atom is 0.337 e. The number of nitrogens with zero attached hydrogens (tertiary/aromatic N) is 2. The Bertz CT molecular complexity index is 705. The summed E-state index contributed by atoms with van der Waals surface area (Å²) in [5.41, 5.74) is 4.92. The van der Waals surface area contributed by atoms with Gasteiger partial charge < -0.3 is 5.11 Å². The van der Waals surface area contributed by atoms with Gasteiger partial charge in [0.15, 0.2) is 0 Å². The van der Waals surface area contributed by atoms with Gasteiger partial charge in [0.05, 0.1) is 16.3 Å². The fraction of sp³-hybridized carbons (Fsp3) is 0.375. The van der Waals surface area contributed by atoms with Crippen LogP contribution in [-0.4, -0.2) is 20.9 Å². The Hall–Kier alpha value is -1.81. The summed E-state index contributed by atoms with van der Waals surface area (Å²) < 4.78 is 1.97. The van der Waals surface area contributed by atoms with E-state index in [1.807, 2.05) is 25.5 Å². The lowest BCUT2D eigenvalue weighted by Crippen LogP contribution is -2.02. The molecule has 2 rings (SSSR count). The number of hydrogen-bond donors (Lipinski definition) is 1. The molecule has 0 unspecified atom stereocenters. The molecule has 1 heterocycles. The Kier molecular flexibility index (Phi) is 4.37. The largest absolute Gasteiger partial charge is 0.478 e. The van der Waals surface area contributed by atoms with Crippen LogP contribution in [0.1, 0.15) is 40.7 Å². The van der Waals surface area contributed by atoms with Gasteiger partial charge in [-0.05, 0) is 50.5 Å². The number of halogens is 1. The van der Waals surface area contributed by atoms with Gasteiger partial charge in [-0.2, -0.15) is 5.10 Å². The van der Waals surface area contributed by atoms with E-state index in [2.05, 4.69) is 12.0 Å². The average molecular weight is 307 g/mol. The van der Waals surface area contributed by atoms with Crippen molar-refractivity contribution in [2.24, 2.45) is 0 Å². The molecule has 0 saturated carbocycles. The molecule has 0 aliphatic heterocycles. The molecule has 5 heteroatoms. The lowest BCUT2D eigenvalue weighted by Gasteiger charge is -2.10. The van der Waals surface area contributed by atoms with E-state index in [0.717, 1.165) is 41.0 Å². The highest BCUT2D eigenvalue weighted by atomic mass is 35.5. The highest BCUT2D eigenvalue weighted by Gasteiger charge is 2.18. The molecule has 0 radical (unpaired) electrons. The van der Waals surface area contributed by atoms with Gasteiger partial charge >= 0.3 is 5.97 Å². The number of aromatic nitrogens is 2. The molecule has 1 aromatic heterocycles. The molecule has 21 heavy (non-hydrogen) atoms. The summed E-state index contributed by atoms with van der Waals surface area (Å²) in [6.07, 6.45) is 1.00. The van der Waals surface area contributed by atoms with E-state index in [1.165, 1.54) is 0 Å². The molecular formula is C16H19ClN2O2. The third-order valence-corrected chi connectivity index (χ3v) is 3.94. The second-order valence-corrected chi connectivity index (χ2v) is 5.63. The molecule has 0 amide bonds. The third-order valence-electron chi connectivity index (χ3n) is 3.63. The summed E-state index contributed by atoms with van der Waals surface area (Å²) in [6.45, 7) is 8.85. The molecule has 0 aliphatic rings. The topological polar surface area (TPSA) is 55.1 Å². The van der Waals surface area contributed by atoms with Crippen LogP contribution in [0.4, 0.5) is 0 Å². The maximum atomic E-state index is 11.3. The minimum atomic E-state index is -1.02. The number of carboxylic acid groups (broad SMARTS) is 1. The van der Waals surface area contributed by atoms with E-state index in [4.69, 9.17) is 11.6 Å². The molecule has 0 spiro atoms. The Morgan fingerprint density at radius 3 is 2.57 bits per heavy atom. The fourth-order valence-electron chi connectivity index (χ4n) is 2.62. The van der Waals surface area contributed by atoms with Gasteiger partial charge in [0, 0.05) is 17.8 Å². The standard InChI is InChI=1S/C16H19ClN2O2/c1-5-6-19-11(4)15(10(3)18-19)12-8-13(16(20)21)14(17)7-9(12)2/h7-8H,5-6H2,1-4H3,(H,20,21). The van der Waals surface area contributed by atoms with Crippen LogP contribution < -0.4 is 0 Å². The maximum absolute atomic E-state index is 11.3. The van der Waals surface area contributed by atoms with Crippen molar-refractivity contribution in [1.82, 2.24) is 9.78 Å². The summed E-state index contributed by atoms with van der Waals surface area (Å²) >= 11 is 6.02. The van der Waals surface area contributed by atoms with E-state index in [-0.39, 0.29) is 10.6 Å². The van der Waals surface area contributed by atoms with E-state index >= 15 is 0 Å². The first-order chi connectivity index (χ1) is 9.86. The first-order valence-corrected chi connectivity index (χ1v) is 7.32. The van der Waals surface area contributed by atoms with E-state index in [1.54, 1.807) is 12.1 Å². The Labute approximate surface area is 129 Å². The summed E-state index contributed by atoms with van der Waals surface area (Å²) in [4.78, 5) is 11.3. The van der Waals surface area contributed by atoms with E-state index in [0.29, 0.717) is 0 Å². The van der Waals surface area contributed by atoms with Gasteiger partial charge in [0.1, 0.15) is 0 Å². The number of carbonyl (C=O) groups is 1. The molecule has 112 valence electrons. The van der Waals surface area contributed by atoms with Gasteiger partial charge in [0.25, 0.3) is 0 Å². The molecule has 4 nitrogen and oxygen atoms in total. The first kappa shape index (κ1) is 15.6. The molecule has 1 N–H and O–H groups in total. The molecule has 0 atom stereocenters. The highest BCUT2D eigenvalue weighted by Crippen LogP contribution is 2.33. The number of aromatic carboxylic acids is 1. The van der Waals surface area contributed by atoms with Crippen molar-refractivity contribution in [3.8, 4) is 11.1 Å². The van der Waals surface area contributed by atoms with Crippen molar-refractivity contribution in [2.75, 3.05) is 0 Å². The predicted octanol–water partition coefficient (Wildman–Crippen LogP) is 4.24. The summed E-state index contributed by atoms with van der Waals surface area (Å²) in [5, 5.41) is 14.1. The normalized spacial score (nSPS) is 10.9. The van der Waals surface area contributed by atoms with Crippen LogP contribution in [0.25, 0.3) is 11.1 Å². The number of rotatable bonds is 4. The number of hydrogen-bond acceptors (Lipinski definition) is 2. The molecular weight excluding hydrogens is 288 g/mol. The van der Waals surface area contributed by atoms with Crippen molar-refractivity contribution in [2.45, 2.75) is 40.7 Å². The van der Waals surface area contributed by atoms with Crippen LogP contribution in [-0.2, 0) is 6.54 Å². The Morgan fingerprint density at radius 2 is 2.00 bits per heavy atom. The monoisotopic (exact) mass is 306 g/mol. The van der Waals surface area contributed by atoms with Crippen molar-refractivity contribution in [3.63, 3.8) is 0 Å². The Morgan fingerprint density at radius 1 is 1.33 bits per heavy atom. The molecule has 1 aromatic carbocycles. The van der Waals surface area contributed by atoms with Gasteiger partial charge in [-0.15, -0.1) is 0 Å². The van der Waals surface area contributed by atoms with Crippen molar-refractivity contribution < 1.29 is 9.90 Å². The molecule has 0 saturated heterocycles. The van der Waals surface area contributed by atoms with Crippen molar-refractivity contribution in [3.05, 3.63) is 39.7 Å². The Balaban J connectivity index is 2.67. The van der Waals surface area contributed by atoms with E-state index in [9.17, 15) is 9.90 Å². The van der Waals surface area contributed by atoms with Gasteiger partial charge in [-0.3, -0.25) is 4.68 Å². The van der Waals surface area contributed by atoms with Crippen LogP contribution in [0.5, 0.6) is 0 Å². The molecule has 0 bridgehead atoms. The zero-order chi connectivity index (χ0) is 15.7. The zero-order valence-electron chi connectivity index (χ0n) is 12.7. The minimum Gasteiger partial charge on any atom is -0.478 e. The second-order valence-electron chi connectivity index (χ2n) is 5.22. The van der Waals surface area contributed by atoms with Crippen LogP contribution in [0.3, 0.4) is 0 Å². The SMILES string of the molecule is CCCn1nc(C)c(-c2cc(C(=O)O)c(Cl)cc2C)c1C. The van der Waals surface area contributed by atoms with E-state index < -0.39 is 5.97 Å². The molecule has 0 aliphatic carbocycles. The quantitative estimate of drug-likeness (QED) is 0.919. The molecule has 2 aromatic rings. The second kappa shape index (κ2) is 5.90. The molecule has 0 fully saturated rings. The van der Waals surface area contributed by atoms with Crippen LogP contribution >= 0.6 is 11.6 Å². The van der Waals surface area contributed by atoms with Gasteiger partial charge in [-0.1, -0.05) is 18.5 Å². The van der Waals surface area contributed by atoms with Crippen LogP contribution in [0.2, 0.25) is 5.02 Å². The summed E-state index contributed by atoms with van der Waals surface area (Å²) in [5.74, 6) is -1.02. The summed E-state index contributed by atoms with van der Waals surface area (Å²) in [6, 6.07) is 3.35. The average Bonchev–Trinajstić information content (AvgIpc) is 2.66. The smallest absolute Gasteiger partial charge is 0.337 e. The zero-order valence-corrected chi connectivity index (χ0v) is 13.5. The highest BCUT2D eigenvalue weighted by molar-refractivity contribution is 6.33. The van der Waals surface area contributed by atoms with Crippen molar-refractivity contribution in [1.29, 1.82) is 0 Å². The van der Waals surface area contributed by atoms with Crippen molar-refractivity contribution >= 4 is 17.6 Å².